The van der Waals surface area contributed by atoms with Crippen molar-refractivity contribution >= 4 is 40.0 Å². The highest BCUT2D eigenvalue weighted by atomic mass is 127. The van der Waals surface area contributed by atoms with Crippen molar-refractivity contribution in [3.63, 3.8) is 0 Å². The van der Waals surface area contributed by atoms with Crippen LogP contribution in [0.4, 0.5) is 0 Å². The Kier molecular flexibility index (Phi) is 11.1. The van der Waals surface area contributed by atoms with Gasteiger partial charge in [-0.1, -0.05) is 6.07 Å². The van der Waals surface area contributed by atoms with Crippen molar-refractivity contribution in [2.45, 2.75) is 26.5 Å². The maximum absolute atomic E-state index is 12.4. The summed E-state index contributed by atoms with van der Waals surface area (Å²) in [5, 5.41) is 3.30. The van der Waals surface area contributed by atoms with E-state index in [0.717, 1.165) is 11.5 Å². The molecule has 0 radical (unpaired) electrons. The van der Waals surface area contributed by atoms with Gasteiger partial charge in [0.05, 0.1) is 25.6 Å². The average molecular weight is 541 g/mol. The first-order valence-corrected chi connectivity index (χ1v) is 11.0. The Morgan fingerprint density at radius 2 is 1.97 bits per heavy atom. The van der Waals surface area contributed by atoms with Crippen LogP contribution < -0.4 is 10.1 Å². The van der Waals surface area contributed by atoms with E-state index in [1.807, 2.05) is 26.0 Å². The molecule has 1 saturated heterocycles. The number of nitrogens with one attached hydrogen (secondary N) is 1. The van der Waals surface area contributed by atoms with Gasteiger partial charge < -0.3 is 19.7 Å². The summed E-state index contributed by atoms with van der Waals surface area (Å²) in [4.78, 5) is 10.6. The third-order valence-corrected chi connectivity index (χ3v) is 6.23. The van der Waals surface area contributed by atoms with Crippen LogP contribution in [0.3, 0.4) is 0 Å². The zero-order valence-electron chi connectivity index (χ0n) is 17.5. The fourth-order valence-corrected chi connectivity index (χ4v) is 4.13. The van der Waals surface area contributed by atoms with Crippen molar-refractivity contribution in [1.29, 1.82) is 0 Å². The number of hydrogen-bond donors (Lipinski definition) is 1. The Morgan fingerprint density at radius 1 is 1.28 bits per heavy atom. The molecule has 0 atom stereocenters. The summed E-state index contributed by atoms with van der Waals surface area (Å²) in [6, 6.07) is 3.75. The molecule has 1 aliphatic heterocycles. The molecular weight excluding hydrogens is 509 g/mol. The molecule has 0 saturated carbocycles. The minimum absolute atomic E-state index is 0. The Balaban J connectivity index is 0.00000420. The largest absolute Gasteiger partial charge is 0.481 e. The summed E-state index contributed by atoms with van der Waals surface area (Å²) in [7, 11) is 0.0103. The van der Waals surface area contributed by atoms with Crippen LogP contribution in [-0.2, 0) is 21.3 Å². The van der Waals surface area contributed by atoms with E-state index in [1.165, 1.54) is 4.31 Å². The lowest BCUT2D eigenvalue weighted by Crippen LogP contribution is -2.54. The second-order valence-corrected chi connectivity index (χ2v) is 8.82. The first-order valence-electron chi connectivity index (χ1n) is 9.39. The molecule has 1 aliphatic rings. The molecule has 9 nitrogen and oxygen atoms in total. The number of pyridine rings is 1. The van der Waals surface area contributed by atoms with Crippen LogP contribution in [0.1, 0.15) is 19.4 Å². The van der Waals surface area contributed by atoms with Gasteiger partial charge in [0.1, 0.15) is 0 Å². The Labute approximate surface area is 190 Å². The average Bonchev–Trinajstić information content (AvgIpc) is 2.69. The van der Waals surface area contributed by atoms with Crippen molar-refractivity contribution in [1.82, 2.24) is 19.5 Å². The molecule has 29 heavy (non-hydrogen) atoms. The molecule has 1 aromatic heterocycles. The predicted octanol–water partition coefficient (Wildman–Crippen LogP) is 1.16. The molecular formula is C18H32IN5O4S. The predicted molar refractivity (Wildman–Crippen MR) is 124 cm³/mol. The number of nitrogens with zero attached hydrogens (tertiary/aromatic N) is 4. The molecule has 0 aromatic carbocycles. The lowest BCUT2D eigenvalue weighted by molar-refractivity contribution is 0.0904. The molecule has 0 unspecified atom stereocenters. The van der Waals surface area contributed by atoms with Gasteiger partial charge in [0, 0.05) is 52.0 Å². The Morgan fingerprint density at radius 3 is 2.48 bits per heavy atom. The van der Waals surface area contributed by atoms with Crippen LogP contribution in [0, 0.1) is 0 Å². The van der Waals surface area contributed by atoms with E-state index in [-0.39, 0.29) is 42.4 Å². The van der Waals surface area contributed by atoms with Gasteiger partial charge in [0.2, 0.25) is 15.9 Å². The summed E-state index contributed by atoms with van der Waals surface area (Å²) in [6.07, 6.45) is 1.78. The first kappa shape index (κ1) is 25.9. The van der Waals surface area contributed by atoms with Crippen molar-refractivity contribution in [3.8, 4) is 5.88 Å². The number of hydrogen-bond acceptors (Lipinski definition) is 6. The van der Waals surface area contributed by atoms with Gasteiger partial charge in [0.15, 0.2) is 5.96 Å². The van der Waals surface area contributed by atoms with Crippen LogP contribution in [0.2, 0.25) is 0 Å². The van der Waals surface area contributed by atoms with Gasteiger partial charge in [-0.25, -0.2) is 13.4 Å². The SMILES string of the molecule is CN=C(NCc1ccc(OC)nc1)N1CCN(S(=O)(=O)CCOC(C)C)CC1.I. The molecule has 1 fully saturated rings. The maximum Gasteiger partial charge on any atom is 0.216 e. The third kappa shape index (κ3) is 8.22. The summed E-state index contributed by atoms with van der Waals surface area (Å²) in [6.45, 7) is 6.64. The zero-order chi connectivity index (χ0) is 20.6. The zero-order valence-corrected chi connectivity index (χ0v) is 20.6. The Bertz CT molecular complexity index is 735. The van der Waals surface area contributed by atoms with Crippen LogP contribution >= 0.6 is 24.0 Å². The minimum Gasteiger partial charge on any atom is -0.481 e. The number of ether oxygens (including phenoxy) is 2. The number of aromatic nitrogens is 1. The standard InChI is InChI=1S/C18H31N5O4S.HI/c1-15(2)27-11-12-28(24,25)23-9-7-22(8-10-23)18(19-3)21-14-16-5-6-17(26-4)20-13-16;/h5-6,13,15H,7-12,14H2,1-4H3,(H,19,21);1H. The highest BCUT2D eigenvalue weighted by Gasteiger charge is 2.27. The van der Waals surface area contributed by atoms with E-state index in [4.69, 9.17) is 9.47 Å². The Hall–Kier alpha value is -1.18. The van der Waals surface area contributed by atoms with Crippen molar-refractivity contribution in [2.24, 2.45) is 4.99 Å². The number of sulfonamides is 1. The van der Waals surface area contributed by atoms with E-state index in [2.05, 4.69) is 20.2 Å². The molecule has 11 heteroatoms. The van der Waals surface area contributed by atoms with Crippen LogP contribution in [0.5, 0.6) is 5.88 Å². The molecule has 1 N–H and O–H groups in total. The number of rotatable bonds is 8. The highest BCUT2D eigenvalue weighted by Crippen LogP contribution is 2.10. The number of halogens is 1. The number of aliphatic imine (C=N–C) groups is 1. The van der Waals surface area contributed by atoms with Gasteiger partial charge in [-0.05, 0) is 19.4 Å². The number of methoxy groups -OCH3 is 1. The van der Waals surface area contributed by atoms with Crippen molar-refractivity contribution in [2.75, 3.05) is 52.7 Å². The van der Waals surface area contributed by atoms with Crippen LogP contribution in [-0.4, -0.2) is 87.4 Å². The molecule has 2 heterocycles. The topological polar surface area (TPSA) is 96.4 Å². The lowest BCUT2D eigenvalue weighted by Gasteiger charge is -2.35. The second-order valence-electron chi connectivity index (χ2n) is 6.73. The van der Waals surface area contributed by atoms with E-state index in [0.29, 0.717) is 38.6 Å². The van der Waals surface area contributed by atoms with Gasteiger partial charge in [-0.3, -0.25) is 4.99 Å². The van der Waals surface area contributed by atoms with Gasteiger partial charge >= 0.3 is 0 Å². The normalized spacial score (nSPS) is 15.9. The van der Waals surface area contributed by atoms with E-state index >= 15 is 0 Å². The van der Waals surface area contributed by atoms with E-state index in [1.54, 1.807) is 20.4 Å². The third-order valence-electron chi connectivity index (χ3n) is 4.39. The van der Waals surface area contributed by atoms with E-state index in [9.17, 15) is 8.42 Å². The summed E-state index contributed by atoms with van der Waals surface area (Å²) >= 11 is 0. The van der Waals surface area contributed by atoms with Crippen LogP contribution in [0.15, 0.2) is 23.3 Å². The minimum atomic E-state index is -3.30. The fraction of sp³-hybridized carbons (Fsp3) is 0.667. The maximum atomic E-state index is 12.4. The summed E-state index contributed by atoms with van der Waals surface area (Å²) in [5.74, 6) is 1.34. The van der Waals surface area contributed by atoms with E-state index < -0.39 is 10.0 Å². The lowest BCUT2D eigenvalue weighted by atomic mass is 10.3. The van der Waals surface area contributed by atoms with Crippen LogP contribution in [0.25, 0.3) is 0 Å². The van der Waals surface area contributed by atoms with Crippen molar-refractivity contribution in [3.05, 3.63) is 23.9 Å². The van der Waals surface area contributed by atoms with Crippen molar-refractivity contribution < 1.29 is 17.9 Å². The molecule has 2 rings (SSSR count). The number of piperazine rings is 1. The molecule has 0 amide bonds. The summed E-state index contributed by atoms with van der Waals surface area (Å²) < 4.78 is 36.9. The molecule has 0 aliphatic carbocycles. The number of guanidine groups is 1. The molecule has 1 aromatic rings. The second kappa shape index (κ2) is 12.5. The first-order chi connectivity index (χ1) is 13.4. The summed E-state index contributed by atoms with van der Waals surface area (Å²) in [5.41, 5.74) is 1.01. The molecule has 0 spiro atoms. The van der Waals surface area contributed by atoms with Gasteiger partial charge in [-0.15, -0.1) is 24.0 Å². The van der Waals surface area contributed by atoms with Gasteiger partial charge in [0.25, 0.3) is 0 Å². The fourth-order valence-electron chi connectivity index (χ4n) is 2.85. The quantitative estimate of drug-likeness (QED) is 0.300. The van der Waals surface area contributed by atoms with Gasteiger partial charge in [-0.2, -0.15) is 4.31 Å². The monoisotopic (exact) mass is 541 g/mol. The molecule has 0 bridgehead atoms. The highest BCUT2D eigenvalue weighted by molar-refractivity contribution is 14.0. The molecule has 166 valence electrons. The smallest absolute Gasteiger partial charge is 0.216 e.